The summed E-state index contributed by atoms with van der Waals surface area (Å²) in [4.78, 5) is 13.0. The zero-order valence-electron chi connectivity index (χ0n) is 41.8. The van der Waals surface area contributed by atoms with Crippen molar-refractivity contribution in [2.75, 3.05) is 45.8 Å². The van der Waals surface area contributed by atoms with Gasteiger partial charge < -0.3 is 69.7 Å². The summed E-state index contributed by atoms with van der Waals surface area (Å²) >= 11 is 0. The average molecular weight is 1030 g/mol. The van der Waals surface area contributed by atoms with Gasteiger partial charge in [-0.05, 0) is 150 Å². The van der Waals surface area contributed by atoms with Gasteiger partial charge in [-0.2, -0.15) is 0 Å². The highest BCUT2D eigenvalue weighted by Gasteiger charge is 2.78. The molecule has 71 heavy (non-hydrogen) atoms. The number of rotatable bonds is 9. The highest BCUT2D eigenvalue weighted by Crippen LogP contribution is 2.71. The maximum Gasteiger partial charge on any atom is 0.306 e. The molecule has 3 aliphatic heterocycles. The van der Waals surface area contributed by atoms with Gasteiger partial charge in [0.05, 0.1) is 25.1 Å². The maximum absolute atomic E-state index is 13.7. The van der Waals surface area contributed by atoms with Crippen molar-refractivity contribution in [1.82, 2.24) is 10.6 Å². The molecule has 17 heteroatoms. The Morgan fingerprint density at radius 1 is 1.01 bits per heavy atom. The molecule has 0 radical (unpaired) electrons. The lowest BCUT2D eigenvalue weighted by molar-refractivity contribution is -0.424. The summed E-state index contributed by atoms with van der Waals surface area (Å²) < 4.78 is 32.4. The maximum atomic E-state index is 13.7. The van der Waals surface area contributed by atoms with E-state index in [1.165, 1.54) is 12.8 Å². The molecular formula is C54H80N2O13S2. The summed E-state index contributed by atoms with van der Waals surface area (Å²) in [6, 6.07) is 4.14. The normalized spacial score (nSPS) is 44.5. The number of hydrogen-bond donors (Lipinski definition) is 9. The number of carbonyl (C=O) groups is 1. The molecule has 18 atom stereocenters. The summed E-state index contributed by atoms with van der Waals surface area (Å²) in [5.74, 6) is -1.08. The molecule has 9 N–H and O–H groups in total. The first-order valence-corrected chi connectivity index (χ1v) is 29.3. The standard InChI is InChI=1S/C54H80N2O13S2/c1-4-65-43(61)17-13-32-25-33-18-23-66-45(33)47-46(32)68-49-54(64)44-35(12-15-39(59)37(44)29-58)27-52(63,48(54)62)53(69-49)30-70-71-51(41(56-21-24-67-47)16-10-31(2)7-5-9-42(53)60)20-19-50(40(51)8-6-22-57)26-34-11-14-38(55-3)36(34)28-50/h12,15,18,23,25,31,34-42,44,48-49,55-60,62-64H,4-11,13-14,16-17,19-22,24,26-30H2,1-3H3. The smallest absolute Gasteiger partial charge is 0.306 e. The van der Waals surface area contributed by atoms with Gasteiger partial charge in [0.25, 0.3) is 0 Å². The van der Waals surface area contributed by atoms with Gasteiger partial charge in [0.2, 0.25) is 12.0 Å². The summed E-state index contributed by atoms with van der Waals surface area (Å²) in [6.45, 7) is 4.42. The predicted molar refractivity (Wildman–Crippen MR) is 271 cm³/mol. The highest BCUT2D eigenvalue weighted by molar-refractivity contribution is 8.77. The highest BCUT2D eigenvalue weighted by atomic mass is 33.1. The van der Waals surface area contributed by atoms with Crippen LogP contribution in [0, 0.1) is 46.8 Å². The largest absolute Gasteiger partial charge is 0.485 e. The van der Waals surface area contributed by atoms with Crippen LogP contribution in [0.1, 0.15) is 116 Å². The van der Waals surface area contributed by atoms with Gasteiger partial charge >= 0.3 is 5.97 Å². The monoisotopic (exact) mass is 1030 g/mol. The third-order valence-electron chi connectivity index (χ3n) is 19.5. The molecule has 4 heterocycles. The second-order valence-corrected chi connectivity index (χ2v) is 25.7. The van der Waals surface area contributed by atoms with Crippen molar-refractivity contribution in [1.29, 1.82) is 0 Å². The van der Waals surface area contributed by atoms with Crippen LogP contribution in [0.25, 0.3) is 11.0 Å². The number of furan rings is 1. The van der Waals surface area contributed by atoms with E-state index < -0.39 is 71.7 Å². The summed E-state index contributed by atoms with van der Waals surface area (Å²) in [5.41, 5.74) is -5.74. The molecule has 15 nitrogen and oxygen atoms in total. The number of carbonyl (C=O) groups excluding carboxylic acids is 1. The van der Waals surface area contributed by atoms with E-state index in [4.69, 9.17) is 23.4 Å². The van der Waals surface area contributed by atoms with Gasteiger partial charge in [-0.25, -0.2) is 0 Å². The molecule has 1 aromatic carbocycles. The van der Waals surface area contributed by atoms with Crippen LogP contribution in [0.15, 0.2) is 35.0 Å². The minimum atomic E-state index is -2.48. The number of nitrogens with one attached hydrogen (secondary N) is 2. The first kappa shape index (κ1) is 52.3. The molecule has 2 saturated heterocycles. The van der Waals surface area contributed by atoms with Crippen molar-refractivity contribution in [2.24, 2.45) is 46.8 Å². The number of fused-ring (bicyclic) bond motifs is 12. The summed E-state index contributed by atoms with van der Waals surface area (Å²) in [7, 11) is 5.48. The Labute approximate surface area is 426 Å². The minimum absolute atomic E-state index is 0.0140. The number of esters is 1. The van der Waals surface area contributed by atoms with Crippen LogP contribution in [0.5, 0.6) is 11.5 Å². The third kappa shape index (κ3) is 8.71. The van der Waals surface area contributed by atoms with E-state index in [0.29, 0.717) is 59.7 Å². The first-order valence-electron chi connectivity index (χ1n) is 27.0. The number of hydrogen-bond acceptors (Lipinski definition) is 17. The molecule has 2 aromatic rings. The Hall–Kier alpha value is -2.13. The molecule has 18 unspecified atom stereocenters. The van der Waals surface area contributed by atoms with E-state index in [-0.39, 0.29) is 84.9 Å². The van der Waals surface area contributed by atoms with Gasteiger partial charge in [0.1, 0.15) is 23.9 Å². The number of aryl methyl sites for hydroxylation is 1. The van der Waals surface area contributed by atoms with Gasteiger partial charge in [-0.15, -0.1) is 0 Å². The van der Waals surface area contributed by atoms with Crippen molar-refractivity contribution in [3.63, 3.8) is 0 Å². The predicted octanol–water partition coefficient (Wildman–Crippen LogP) is 5.41. The zero-order valence-corrected chi connectivity index (χ0v) is 43.5. The van der Waals surface area contributed by atoms with E-state index >= 15 is 0 Å². The van der Waals surface area contributed by atoms with Crippen molar-refractivity contribution in [3.05, 3.63) is 36.1 Å². The Morgan fingerprint density at radius 3 is 2.65 bits per heavy atom. The van der Waals surface area contributed by atoms with E-state index in [1.807, 2.05) is 16.9 Å². The molecule has 4 saturated carbocycles. The fourth-order valence-electron chi connectivity index (χ4n) is 16.1. The van der Waals surface area contributed by atoms with Crippen LogP contribution in [0.3, 0.4) is 0 Å². The number of benzene rings is 1. The molecule has 3 spiro atoms. The Balaban J connectivity index is 1.16. The first-order chi connectivity index (χ1) is 34.2. The lowest BCUT2D eigenvalue weighted by Crippen LogP contribution is -2.86. The fraction of sp³-hybridized carbons (Fsp3) is 0.796. The second kappa shape index (κ2) is 20.8. The van der Waals surface area contributed by atoms with Gasteiger partial charge in [0.15, 0.2) is 16.9 Å². The van der Waals surface area contributed by atoms with Gasteiger partial charge in [0, 0.05) is 66.0 Å². The molecule has 1 aromatic heterocycles. The van der Waals surface area contributed by atoms with Crippen LogP contribution in [-0.2, 0) is 20.7 Å². The molecule has 396 valence electrons. The second-order valence-electron chi connectivity index (χ2n) is 23.0. The lowest BCUT2D eigenvalue weighted by Gasteiger charge is -2.67. The van der Waals surface area contributed by atoms with E-state index in [9.17, 15) is 40.5 Å². The molecule has 6 fully saturated rings. The molecular weight excluding hydrogens is 949 g/mol. The van der Waals surface area contributed by atoms with Crippen molar-refractivity contribution in [2.45, 2.75) is 175 Å². The number of allylic oxidation sites excluding steroid dienone is 1. The zero-order chi connectivity index (χ0) is 49.9. The quantitative estimate of drug-likeness (QED) is 0.0869. The van der Waals surface area contributed by atoms with Gasteiger partial charge in [-0.1, -0.05) is 53.5 Å². The molecule has 10 rings (SSSR count). The van der Waals surface area contributed by atoms with Crippen molar-refractivity contribution in [3.8, 4) is 11.5 Å². The Kier molecular flexibility index (Phi) is 15.3. The van der Waals surface area contributed by atoms with Crippen molar-refractivity contribution < 1.29 is 63.9 Å². The fourth-order valence-corrected chi connectivity index (χ4v) is 20.4. The minimum Gasteiger partial charge on any atom is -0.485 e. The van der Waals surface area contributed by atoms with Crippen LogP contribution in [0.4, 0.5) is 0 Å². The molecule has 5 bridgehead atoms. The van der Waals surface area contributed by atoms with E-state index in [2.05, 4.69) is 24.6 Å². The Morgan fingerprint density at radius 2 is 1.86 bits per heavy atom. The van der Waals surface area contributed by atoms with Crippen LogP contribution >= 0.6 is 21.6 Å². The van der Waals surface area contributed by atoms with E-state index in [0.717, 1.165) is 51.4 Å². The molecule has 8 aliphatic rings. The van der Waals surface area contributed by atoms with Crippen molar-refractivity contribution >= 4 is 38.5 Å². The molecule has 5 aliphatic carbocycles. The lowest BCUT2D eigenvalue weighted by atomic mass is 9.50. The van der Waals surface area contributed by atoms with Crippen LogP contribution < -0.4 is 20.1 Å². The van der Waals surface area contributed by atoms with E-state index in [1.54, 1.807) is 42.2 Å². The third-order valence-corrected chi connectivity index (χ3v) is 22.9. The van der Waals surface area contributed by atoms with Crippen LogP contribution in [-0.4, -0.2) is 146 Å². The Bertz CT molecular complexity index is 2230. The number of ether oxygens (including phenoxy) is 4. The SMILES string of the molecule is CCOC(=O)CCc1cc2ccoc2c2c1OC1OC3(CSSC4(CCC5(CC6CCC(NC)C6C5)C4CCCO)C(CCC(C)CCCC3O)NCCO2)C2(O)CC3C=CC(O)C(CO)C3C1(O)C2O. The average Bonchev–Trinajstić information content (AvgIpc) is 4.14. The topological polar surface area (TPSA) is 233 Å². The molecule has 0 amide bonds. The summed E-state index contributed by atoms with van der Waals surface area (Å²) in [5, 5.41) is 94.8. The van der Waals surface area contributed by atoms with Gasteiger partial charge in [-0.3, -0.25) is 4.79 Å². The summed E-state index contributed by atoms with van der Waals surface area (Å²) in [6.07, 6.45) is 10.3. The number of aliphatic hydroxyl groups excluding tert-OH is 5. The van der Waals surface area contributed by atoms with Crippen LogP contribution in [0.2, 0.25) is 0 Å². The number of aliphatic hydroxyl groups is 7.